The Kier molecular flexibility index (Phi) is 7.85. The summed E-state index contributed by atoms with van der Waals surface area (Å²) in [6.45, 7) is 15.6. The van der Waals surface area contributed by atoms with Crippen molar-refractivity contribution in [2.45, 2.75) is 57.4 Å². The van der Waals surface area contributed by atoms with E-state index in [0.29, 0.717) is 12.5 Å². The fourth-order valence-corrected chi connectivity index (χ4v) is 4.22. The lowest BCUT2D eigenvalue weighted by Crippen LogP contribution is -2.35. The van der Waals surface area contributed by atoms with Crippen molar-refractivity contribution >= 4 is 25.7 Å². The number of benzene rings is 1. The number of hydrogen-bond donors (Lipinski definition) is 2. The molecule has 2 heterocycles. The van der Waals surface area contributed by atoms with E-state index in [1.165, 1.54) is 34.2 Å². The van der Waals surface area contributed by atoms with Gasteiger partial charge in [0.25, 0.3) is 0 Å². The first-order chi connectivity index (χ1) is 15.2. The molecule has 0 spiro atoms. The van der Waals surface area contributed by atoms with E-state index in [-0.39, 0.29) is 5.54 Å². The van der Waals surface area contributed by atoms with E-state index in [2.05, 4.69) is 85.5 Å². The molecule has 0 amide bonds. The minimum atomic E-state index is -0.243. The maximum atomic E-state index is 5.39. The summed E-state index contributed by atoms with van der Waals surface area (Å²) in [5.41, 5.74) is 6.16. The number of allylic oxidation sites excluding steroid dienone is 1. The third-order valence-electron chi connectivity index (χ3n) is 5.53. The molecule has 0 fully saturated rings. The molecule has 0 atom stereocenters. The Bertz CT molecular complexity index is 1070. The van der Waals surface area contributed by atoms with Gasteiger partial charge < -0.3 is 9.95 Å². The smallest absolute Gasteiger partial charge is 0.195 e. The van der Waals surface area contributed by atoms with Crippen LogP contribution in [0, 0.1) is 6.92 Å². The average molecular weight is 445 g/mol. The zero-order valence-corrected chi connectivity index (χ0v) is 20.5. The highest BCUT2D eigenvalue weighted by atomic mass is 32.2. The van der Waals surface area contributed by atoms with Crippen LogP contribution in [0.2, 0.25) is 0 Å². The highest BCUT2D eigenvalue weighted by molar-refractivity contribution is 7.98. The van der Waals surface area contributed by atoms with Crippen LogP contribution in [-0.4, -0.2) is 29.3 Å². The van der Waals surface area contributed by atoms with Gasteiger partial charge >= 0.3 is 0 Å². The van der Waals surface area contributed by atoms with Crippen molar-refractivity contribution in [3.8, 4) is 11.1 Å². The first kappa shape index (κ1) is 24.1. The molecule has 0 saturated heterocycles. The highest BCUT2D eigenvalue weighted by Gasteiger charge is 2.22. The van der Waals surface area contributed by atoms with Crippen LogP contribution in [0.5, 0.6) is 0 Å². The predicted molar refractivity (Wildman–Crippen MR) is 137 cm³/mol. The van der Waals surface area contributed by atoms with Crippen molar-refractivity contribution < 1.29 is 0 Å². The topological polar surface area (TPSA) is 54.8 Å². The van der Waals surface area contributed by atoms with E-state index in [1.807, 2.05) is 23.2 Å². The summed E-state index contributed by atoms with van der Waals surface area (Å²) in [5, 5.41) is 7.98. The Labute approximate surface area is 197 Å². The molecule has 0 unspecified atom stereocenters. The Balaban J connectivity index is 1.86. The molecule has 2 N–H and O–H groups in total. The van der Waals surface area contributed by atoms with Gasteiger partial charge in [0.05, 0.1) is 16.6 Å². The monoisotopic (exact) mass is 445 g/mol. The molecule has 0 aliphatic carbocycles. The maximum Gasteiger partial charge on any atom is 0.195 e. The third-order valence-corrected chi connectivity index (χ3v) is 6.09. The number of nitrogens with one attached hydrogen (secondary N) is 2. The molecule has 2 aromatic heterocycles. The van der Waals surface area contributed by atoms with Gasteiger partial charge in [0.15, 0.2) is 7.98 Å². The van der Waals surface area contributed by atoms with Crippen LogP contribution in [0.3, 0.4) is 0 Å². The molecular formula is C25H32BN5S. The van der Waals surface area contributed by atoms with Gasteiger partial charge in [-0.2, -0.15) is 5.10 Å². The molecule has 0 bridgehead atoms. The number of anilines is 1. The van der Waals surface area contributed by atoms with Gasteiger partial charge in [-0.3, -0.25) is 4.68 Å². The zero-order chi connectivity index (χ0) is 23.3. The second kappa shape index (κ2) is 10.4. The minimum absolute atomic E-state index is 0.243. The molecule has 3 aromatic rings. The van der Waals surface area contributed by atoms with Crippen LogP contribution >= 0.6 is 11.9 Å². The standard InChI is InChI=1S/C25H32BN5S/c1-7-8-21-22(17(2)3)11-18(4)12-23(21)19-9-10-27-24(13-19)28-16-25(5,6)31-15-20(14-29-31)32-30-26/h7,9-15,17,30H,1,8,16H2,2-6H3,(H,27,28). The molecule has 7 heteroatoms. The Morgan fingerprint density at radius 3 is 2.75 bits per heavy atom. The summed E-state index contributed by atoms with van der Waals surface area (Å²) < 4.78 is 4.53. The molecule has 0 aliphatic heterocycles. The van der Waals surface area contributed by atoms with Crippen molar-refractivity contribution in [1.82, 2.24) is 19.4 Å². The first-order valence-corrected chi connectivity index (χ1v) is 11.7. The number of aromatic nitrogens is 3. The first-order valence-electron chi connectivity index (χ1n) is 10.9. The molecular weight excluding hydrogens is 413 g/mol. The summed E-state index contributed by atoms with van der Waals surface area (Å²) in [6, 6.07) is 8.78. The second-order valence-corrected chi connectivity index (χ2v) is 9.88. The van der Waals surface area contributed by atoms with E-state index < -0.39 is 0 Å². The van der Waals surface area contributed by atoms with Crippen molar-refractivity contribution in [1.29, 1.82) is 0 Å². The lowest BCUT2D eigenvalue weighted by molar-refractivity contribution is 0.338. The van der Waals surface area contributed by atoms with E-state index in [9.17, 15) is 0 Å². The van der Waals surface area contributed by atoms with Crippen molar-refractivity contribution in [2.75, 3.05) is 11.9 Å². The van der Waals surface area contributed by atoms with Gasteiger partial charge in [-0.15, -0.1) is 6.58 Å². The Morgan fingerprint density at radius 1 is 1.28 bits per heavy atom. The van der Waals surface area contributed by atoms with Gasteiger partial charge in [-0.1, -0.05) is 49.6 Å². The van der Waals surface area contributed by atoms with Crippen molar-refractivity contribution in [3.05, 3.63) is 72.2 Å². The summed E-state index contributed by atoms with van der Waals surface area (Å²) in [5.74, 6) is 1.30. The molecule has 166 valence electrons. The lowest BCUT2D eigenvalue weighted by Gasteiger charge is -2.26. The normalized spacial score (nSPS) is 11.7. The summed E-state index contributed by atoms with van der Waals surface area (Å²) in [6.07, 6.45) is 8.49. The minimum Gasteiger partial charge on any atom is -0.368 e. The van der Waals surface area contributed by atoms with Crippen LogP contribution in [0.15, 0.2) is 60.4 Å². The molecule has 0 aliphatic rings. The quantitative estimate of drug-likeness (QED) is 0.241. The fraction of sp³-hybridized carbons (Fsp3) is 0.360. The van der Waals surface area contributed by atoms with Crippen LogP contribution in [0.4, 0.5) is 5.82 Å². The maximum absolute atomic E-state index is 5.39. The van der Waals surface area contributed by atoms with Gasteiger partial charge in [-0.05, 0) is 67.5 Å². The second-order valence-electron chi connectivity index (χ2n) is 8.96. The zero-order valence-electron chi connectivity index (χ0n) is 19.6. The van der Waals surface area contributed by atoms with Gasteiger partial charge in [0.2, 0.25) is 0 Å². The molecule has 5 nitrogen and oxygen atoms in total. The Hall–Kier alpha value is -2.51. The predicted octanol–water partition coefficient (Wildman–Crippen LogP) is 5.63. The number of hydrogen-bond acceptors (Lipinski definition) is 5. The lowest BCUT2D eigenvalue weighted by atomic mass is 9.87. The SMILES string of the molecule is [B]NSc1cnn(C(C)(C)CNc2cc(-c3cc(C)cc(C(C)C)c3CC=C)ccn2)c1. The average Bonchev–Trinajstić information content (AvgIpc) is 3.23. The van der Waals surface area contributed by atoms with E-state index in [1.54, 1.807) is 6.20 Å². The summed E-state index contributed by atoms with van der Waals surface area (Å²) in [7, 11) is 5.39. The van der Waals surface area contributed by atoms with Crippen LogP contribution < -0.4 is 9.95 Å². The molecule has 32 heavy (non-hydrogen) atoms. The van der Waals surface area contributed by atoms with Crippen molar-refractivity contribution in [3.63, 3.8) is 0 Å². The largest absolute Gasteiger partial charge is 0.368 e. The molecule has 3 rings (SSSR count). The molecule has 2 radical (unpaired) electrons. The number of nitrogens with zero attached hydrogens (tertiary/aromatic N) is 3. The Morgan fingerprint density at radius 2 is 2.06 bits per heavy atom. The van der Waals surface area contributed by atoms with Crippen LogP contribution in [-0.2, 0) is 12.0 Å². The summed E-state index contributed by atoms with van der Waals surface area (Å²) in [4.78, 5) is 5.53. The number of aryl methyl sites for hydroxylation is 1. The van der Waals surface area contributed by atoms with Gasteiger partial charge in [0.1, 0.15) is 5.82 Å². The molecule has 0 saturated carbocycles. The number of pyridine rings is 1. The number of rotatable bonds is 10. The summed E-state index contributed by atoms with van der Waals surface area (Å²) >= 11 is 1.34. The van der Waals surface area contributed by atoms with E-state index >= 15 is 0 Å². The molecule has 1 aromatic carbocycles. The van der Waals surface area contributed by atoms with Crippen molar-refractivity contribution in [2.24, 2.45) is 0 Å². The van der Waals surface area contributed by atoms with Crippen LogP contribution in [0.25, 0.3) is 11.1 Å². The van der Waals surface area contributed by atoms with Gasteiger partial charge in [0, 0.05) is 18.9 Å². The fourth-order valence-electron chi connectivity index (χ4n) is 3.83. The highest BCUT2D eigenvalue weighted by Crippen LogP contribution is 2.33. The third kappa shape index (κ3) is 5.64. The van der Waals surface area contributed by atoms with Gasteiger partial charge in [-0.25, -0.2) is 4.98 Å². The van der Waals surface area contributed by atoms with Crippen LogP contribution in [0.1, 0.15) is 50.3 Å². The van der Waals surface area contributed by atoms with E-state index in [0.717, 1.165) is 22.7 Å². The van der Waals surface area contributed by atoms with E-state index in [4.69, 9.17) is 7.98 Å².